The molecule has 1 aromatic rings. The van der Waals surface area contributed by atoms with Crippen LogP contribution in [0.2, 0.25) is 0 Å². The number of nitrogens with one attached hydrogen (secondary N) is 2. The number of hydrogen-bond donors (Lipinski definition) is 2. The summed E-state index contributed by atoms with van der Waals surface area (Å²) < 4.78 is 0. The van der Waals surface area contributed by atoms with Crippen LogP contribution in [0.25, 0.3) is 0 Å². The first kappa shape index (κ1) is 13.2. The number of aromatic nitrogens is 2. The Morgan fingerprint density at radius 2 is 2.12 bits per heavy atom. The molecule has 17 heavy (non-hydrogen) atoms. The zero-order valence-electron chi connectivity index (χ0n) is 10.7. The van der Waals surface area contributed by atoms with Crippen LogP contribution in [-0.2, 0) is 4.79 Å². The highest BCUT2D eigenvalue weighted by Gasteiger charge is 2.16. The van der Waals surface area contributed by atoms with Crippen molar-refractivity contribution in [1.82, 2.24) is 14.9 Å². The summed E-state index contributed by atoms with van der Waals surface area (Å²) in [7, 11) is 3.56. The second-order valence-corrected chi connectivity index (χ2v) is 3.76. The van der Waals surface area contributed by atoms with Crippen molar-refractivity contribution in [1.29, 1.82) is 0 Å². The molecule has 1 atom stereocenters. The fourth-order valence-corrected chi connectivity index (χ4v) is 1.34. The van der Waals surface area contributed by atoms with Crippen molar-refractivity contribution in [3.63, 3.8) is 0 Å². The van der Waals surface area contributed by atoms with Crippen LogP contribution < -0.4 is 10.6 Å². The maximum absolute atomic E-state index is 11.8. The van der Waals surface area contributed by atoms with E-state index >= 15 is 0 Å². The maximum Gasteiger partial charge on any atom is 0.244 e. The Bertz CT molecular complexity index is 382. The standard InChI is InChI=1S/C11H19N5O/c1-5-16(4)11(17)8(2)15-10-6-9(12-3)13-7-14-10/h6-8H,5H2,1-4H3,(H2,12,13,14,15). The minimum Gasteiger partial charge on any atom is -0.373 e. The normalized spacial score (nSPS) is 11.8. The minimum atomic E-state index is -0.306. The number of likely N-dealkylation sites (N-methyl/N-ethyl adjacent to an activating group) is 1. The molecule has 0 aliphatic rings. The van der Waals surface area contributed by atoms with Gasteiger partial charge in [0, 0.05) is 26.7 Å². The van der Waals surface area contributed by atoms with Crippen LogP contribution in [0.4, 0.5) is 11.6 Å². The SMILES string of the molecule is CCN(C)C(=O)C(C)Nc1cc(NC)ncn1. The van der Waals surface area contributed by atoms with Crippen molar-refractivity contribution in [3.8, 4) is 0 Å². The first-order valence-electron chi connectivity index (χ1n) is 5.59. The monoisotopic (exact) mass is 237 g/mol. The lowest BCUT2D eigenvalue weighted by Gasteiger charge is -2.20. The van der Waals surface area contributed by atoms with Crippen molar-refractivity contribution in [2.45, 2.75) is 19.9 Å². The molecule has 0 saturated carbocycles. The van der Waals surface area contributed by atoms with Gasteiger partial charge in [-0.25, -0.2) is 9.97 Å². The second-order valence-electron chi connectivity index (χ2n) is 3.76. The molecule has 1 rings (SSSR count). The highest BCUT2D eigenvalue weighted by atomic mass is 16.2. The summed E-state index contributed by atoms with van der Waals surface area (Å²) in [5.41, 5.74) is 0. The van der Waals surface area contributed by atoms with E-state index in [0.717, 1.165) is 0 Å². The molecular weight excluding hydrogens is 218 g/mol. The molecule has 2 N–H and O–H groups in total. The number of amides is 1. The average molecular weight is 237 g/mol. The third kappa shape index (κ3) is 3.58. The van der Waals surface area contributed by atoms with Crippen LogP contribution >= 0.6 is 0 Å². The second kappa shape index (κ2) is 6.03. The lowest BCUT2D eigenvalue weighted by atomic mass is 10.3. The Morgan fingerprint density at radius 3 is 2.71 bits per heavy atom. The van der Waals surface area contributed by atoms with Crippen molar-refractivity contribution in [3.05, 3.63) is 12.4 Å². The summed E-state index contributed by atoms with van der Waals surface area (Å²) in [5, 5.41) is 5.97. The van der Waals surface area contributed by atoms with Gasteiger partial charge in [-0.2, -0.15) is 0 Å². The Balaban J connectivity index is 2.67. The van der Waals surface area contributed by atoms with E-state index in [-0.39, 0.29) is 11.9 Å². The molecule has 0 fully saturated rings. The summed E-state index contributed by atoms with van der Waals surface area (Å²) in [6.45, 7) is 4.44. The lowest BCUT2D eigenvalue weighted by molar-refractivity contribution is -0.130. The predicted octanol–water partition coefficient (Wildman–Crippen LogP) is 0.797. The molecule has 1 aromatic heterocycles. The zero-order valence-corrected chi connectivity index (χ0v) is 10.7. The van der Waals surface area contributed by atoms with E-state index in [0.29, 0.717) is 18.2 Å². The van der Waals surface area contributed by atoms with Gasteiger partial charge >= 0.3 is 0 Å². The van der Waals surface area contributed by atoms with Crippen LogP contribution in [0.5, 0.6) is 0 Å². The predicted molar refractivity (Wildman–Crippen MR) is 68.0 cm³/mol. The molecule has 0 bridgehead atoms. The van der Waals surface area contributed by atoms with Gasteiger partial charge in [0.15, 0.2) is 0 Å². The molecule has 0 radical (unpaired) electrons. The largest absolute Gasteiger partial charge is 0.373 e. The molecule has 0 aliphatic heterocycles. The van der Waals surface area contributed by atoms with Gasteiger partial charge < -0.3 is 15.5 Å². The van der Waals surface area contributed by atoms with Crippen LogP contribution in [0.15, 0.2) is 12.4 Å². The summed E-state index contributed by atoms with van der Waals surface area (Å²) in [6, 6.07) is 1.45. The number of hydrogen-bond acceptors (Lipinski definition) is 5. The number of carbonyl (C=O) groups excluding carboxylic acids is 1. The van der Waals surface area contributed by atoms with Gasteiger partial charge in [0.05, 0.1) is 0 Å². The smallest absolute Gasteiger partial charge is 0.244 e. The van der Waals surface area contributed by atoms with Crippen molar-refractivity contribution in [2.24, 2.45) is 0 Å². The average Bonchev–Trinajstić information content (AvgIpc) is 2.37. The molecular formula is C11H19N5O. The van der Waals surface area contributed by atoms with Crippen molar-refractivity contribution in [2.75, 3.05) is 31.3 Å². The van der Waals surface area contributed by atoms with Crippen molar-refractivity contribution >= 4 is 17.5 Å². The van der Waals surface area contributed by atoms with Gasteiger partial charge in [0.25, 0.3) is 0 Å². The van der Waals surface area contributed by atoms with E-state index in [9.17, 15) is 4.79 Å². The lowest BCUT2D eigenvalue weighted by Crippen LogP contribution is -2.39. The zero-order chi connectivity index (χ0) is 12.8. The molecule has 1 unspecified atom stereocenters. The van der Waals surface area contributed by atoms with Crippen LogP contribution in [0, 0.1) is 0 Å². The first-order valence-corrected chi connectivity index (χ1v) is 5.59. The quantitative estimate of drug-likeness (QED) is 0.792. The van der Waals surface area contributed by atoms with Gasteiger partial charge in [0.1, 0.15) is 24.0 Å². The molecule has 6 heteroatoms. The van der Waals surface area contributed by atoms with Gasteiger partial charge in [-0.05, 0) is 13.8 Å². The summed E-state index contributed by atoms with van der Waals surface area (Å²) >= 11 is 0. The highest BCUT2D eigenvalue weighted by molar-refractivity contribution is 5.83. The van der Waals surface area contributed by atoms with E-state index in [1.54, 1.807) is 25.1 Å². The molecule has 1 amide bonds. The number of rotatable bonds is 5. The topological polar surface area (TPSA) is 70.2 Å². The Morgan fingerprint density at radius 1 is 1.47 bits per heavy atom. The number of carbonyl (C=O) groups is 1. The first-order chi connectivity index (χ1) is 8.08. The van der Waals surface area contributed by atoms with Gasteiger partial charge in [-0.1, -0.05) is 0 Å². The van der Waals surface area contributed by atoms with E-state index in [1.165, 1.54) is 6.33 Å². The Kier molecular flexibility index (Phi) is 4.68. The molecule has 1 heterocycles. The van der Waals surface area contributed by atoms with Crippen LogP contribution in [0.3, 0.4) is 0 Å². The van der Waals surface area contributed by atoms with Crippen LogP contribution in [-0.4, -0.2) is 47.5 Å². The molecule has 0 spiro atoms. The van der Waals surface area contributed by atoms with E-state index < -0.39 is 0 Å². The molecule has 0 aliphatic carbocycles. The van der Waals surface area contributed by atoms with Crippen LogP contribution in [0.1, 0.15) is 13.8 Å². The van der Waals surface area contributed by atoms with E-state index in [1.807, 2.05) is 13.8 Å². The fraction of sp³-hybridized carbons (Fsp3) is 0.545. The third-order valence-electron chi connectivity index (χ3n) is 2.51. The number of anilines is 2. The summed E-state index contributed by atoms with van der Waals surface area (Å²) in [6.07, 6.45) is 1.45. The number of nitrogens with zero attached hydrogens (tertiary/aromatic N) is 3. The molecule has 0 saturated heterocycles. The van der Waals surface area contributed by atoms with Gasteiger partial charge in [-0.3, -0.25) is 4.79 Å². The van der Waals surface area contributed by atoms with Crippen molar-refractivity contribution < 1.29 is 4.79 Å². The van der Waals surface area contributed by atoms with E-state index in [4.69, 9.17) is 0 Å². The van der Waals surface area contributed by atoms with Gasteiger partial charge in [0.2, 0.25) is 5.91 Å². The highest BCUT2D eigenvalue weighted by Crippen LogP contribution is 2.09. The summed E-state index contributed by atoms with van der Waals surface area (Å²) in [4.78, 5) is 21.6. The third-order valence-corrected chi connectivity index (χ3v) is 2.51. The van der Waals surface area contributed by atoms with E-state index in [2.05, 4.69) is 20.6 Å². The van der Waals surface area contributed by atoms with Gasteiger partial charge in [-0.15, -0.1) is 0 Å². The maximum atomic E-state index is 11.8. The Labute approximate surface area is 101 Å². The Hall–Kier alpha value is -1.85. The summed E-state index contributed by atoms with van der Waals surface area (Å²) in [5.74, 6) is 1.39. The minimum absolute atomic E-state index is 0.0390. The molecule has 94 valence electrons. The molecule has 6 nitrogen and oxygen atoms in total. The molecule has 0 aromatic carbocycles. The fourth-order valence-electron chi connectivity index (χ4n) is 1.34.